The third-order valence-corrected chi connectivity index (χ3v) is 3.65. The highest BCUT2D eigenvalue weighted by molar-refractivity contribution is 6.31. The van der Waals surface area contributed by atoms with Gasteiger partial charge in [0.15, 0.2) is 0 Å². The molecule has 0 radical (unpaired) electrons. The quantitative estimate of drug-likeness (QED) is 0.754. The summed E-state index contributed by atoms with van der Waals surface area (Å²) in [5, 5.41) is 6.27. The van der Waals surface area contributed by atoms with Gasteiger partial charge >= 0.3 is 0 Å². The molecule has 0 aliphatic heterocycles. The molecule has 0 spiro atoms. The summed E-state index contributed by atoms with van der Waals surface area (Å²) in [6.07, 6.45) is 0. The molecular weight excluding hydrogens is 319 g/mol. The minimum Gasteiger partial charge on any atom is -1.00 e. The maximum absolute atomic E-state index is 6.08. The number of rotatable bonds is 3. The first-order chi connectivity index (χ1) is 10.2. The van der Waals surface area contributed by atoms with Gasteiger partial charge in [-0.25, -0.2) is 0 Å². The molecule has 0 unspecified atom stereocenters. The molecule has 3 aromatic carbocycles. The summed E-state index contributed by atoms with van der Waals surface area (Å²) in [5.41, 5.74) is 7.01. The molecule has 0 bridgehead atoms. The Bertz CT molecular complexity index is 806. The molecule has 4 N–H and O–H groups in total. The van der Waals surface area contributed by atoms with Crippen molar-refractivity contribution in [1.29, 1.82) is 0 Å². The topological polar surface area (TPSA) is 48.9 Å². The highest BCUT2D eigenvalue weighted by Gasteiger charge is 2.07. The fourth-order valence-corrected chi connectivity index (χ4v) is 2.52. The van der Waals surface area contributed by atoms with Crippen LogP contribution in [-0.4, -0.2) is 7.11 Å². The maximum atomic E-state index is 6.08. The zero-order valence-corrected chi connectivity index (χ0v) is 13.6. The average Bonchev–Trinajstić information content (AvgIpc) is 2.50. The van der Waals surface area contributed by atoms with Crippen LogP contribution in [0.3, 0.4) is 0 Å². The van der Waals surface area contributed by atoms with Gasteiger partial charge in [0.1, 0.15) is 11.4 Å². The van der Waals surface area contributed by atoms with Crippen molar-refractivity contribution >= 4 is 39.4 Å². The number of methoxy groups -OCH3 is 1. The van der Waals surface area contributed by atoms with Crippen molar-refractivity contribution < 1.29 is 22.9 Å². The van der Waals surface area contributed by atoms with Crippen LogP contribution in [0.5, 0.6) is 5.75 Å². The summed E-state index contributed by atoms with van der Waals surface area (Å²) in [5.74, 6) is 0.820. The van der Waals surface area contributed by atoms with Gasteiger partial charge in [-0.15, -0.1) is 0 Å². The number of quaternary nitrogens is 1. The first-order valence-electron chi connectivity index (χ1n) is 6.62. The minimum atomic E-state index is 0. The van der Waals surface area contributed by atoms with E-state index in [0.29, 0.717) is 5.02 Å². The highest BCUT2D eigenvalue weighted by Crippen LogP contribution is 2.32. The Morgan fingerprint density at radius 1 is 1.00 bits per heavy atom. The van der Waals surface area contributed by atoms with Crippen LogP contribution in [0.4, 0.5) is 17.1 Å². The van der Waals surface area contributed by atoms with E-state index in [1.807, 2.05) is 54.6 Å². The number of ether oxygens (including phenoxy) is 1. The fraction of sp³-hybridized carbons (Fsp3) is 0.0588. The lowest BCUT2D eigenvalue weighted by molar-refractivity contribution is -0.252. The predicted octanol–water partition coefficient (Wildman–Crippen LogP) is 1.12. The Morgan fingerprint density at radius 3 is 2.59 bits per heavy atom. The molecular formula is C17H16Cl2N2O. The first-order valence-corrected chi connectivity index (χ1v) is 7.00. The van der Waals surface area contributed by atoms with E-state index in [1.165, 1.54) is 0 Å². The van der Waals surface area contributed by atoms with Gasteiger partial charge in [-0.3, -0.25) is 0 Å². The fourth-order valence-electron chi connectivity index (χ4n) is 2.35. The Hall–Kier alpha value is -1.94. The van der Waals surface area contributed by atoms with Crippen molar-refractivity contribution in [3.63, 3.8) is 0 Å². The van der Waals surface area contributed by atoms with Crippen molar-refractivity contribution in [1.82, 2.24) is 0 Å². The molecule has 22 heavy (non-hydrogen) atoms. The van der Waals surface area contributed by atoms with Crippen LogP contribution in [0.2, 0.25) is 5.02 Å². The predicted molar refractivity (Wildman–Crippen MR) is 87.8 cm³/mol. The number of nitrogens with one attached hydrogen (secondary N) is 1. The van der Waals surface area contributed by atoms with E-state index in [-0.39, 0.29) is 12.4 Å². The van der Waals surface area contributed by atoms with Crippen molar-refractivity contribution in [2.45, 2.75) is 0 Å². The van der Waals surface area contributed by atoms with Gasteiger partial charge in [0, 0.05) is 39.3 Å². The van der Waals surface area contributed by atoms with Crippen LogP contribution >= 0.6 is 11.6 Å². The molecule has 3 nitrogen and oxygen atoms in total. The SMILES string of the molecule is COc1cccc(Nc2ccc([NH3+])c3cc(Cl)ccc23)c1.[Cl-]. The van der Waals surface area contributed by atoms with Gasteiger partial charge in [0.05, 0.1) is 7.11 Å². The van der Waals surface area contributed by atoms with Gasteiger partial charge in [-0.1, -0.05) is 23.7 Å². The number of fused-ring (bicyclic) bond motifs is 1. The Balaban J connectivity index is 0.00000176. The number of hydrogen-bond acceptors (Lipinski definition) is 2. The smallest absolute Gasteiger partial charge is 0.136 e. The molecule has 0 fully saturated rings. The summed E-state index contributed by atoms with van der Waals surface area (Å²) >= 11 is 6.08. The largest absolute Gasteiger partial charge is 1.00 e. The van der Waals surface area contributed by atoms with Gasteiger partial charge in [0.2, 0.25) is 0 Å². The third kappa shape index (κ3) is 3.28. The van der Waals surface area contributed by atoms with E-state index < -0.39 is 0 Å². The van der Waals surface area contributed by atoms with Crippen molar-refractivity contribution in [2.24, 2.45) is 0 Å². The molecule has 0 heterocycles. The van der Waals surface area contributed by atoms with E-state index >= 15 is 0 Å². The molecule has 3 aromatic rings. The first kappa shape index (κ1) is 16.4. The van der Waals surface area contributed by atoms with Crippen LogP contribution in [-0.2, 0) is 0 Å². The van der Waals surface area contributed by atoms with Crippen molar-refractivity contribution in [3.8, 4) is 5.75 Å². The van der Waals surface area contributed by atoms with Gasteiger partial charge < -0.3 is 28.2 Å². The molecule has 0 saturated carbocycles. The molecule has 0 saturated heterocycles. The zero-order valence-electron chi connectivity index (χ0n) is 12.1. The van der Waals surface area contributed by atoms with Crippen molar-refractivity contribution in [2.75, 3.05) is 12.4 Å². The Kier molecular flexibility index (Phi) is 5.14. The molecule has 0 aliphatic rings. The standard InChI is InChI=1S/C17H15ClN2O.ClH/c1-21-13-4-2-3-12(10-13)20-17-8-7-16(19)15-9-11(18)5-6-14(15)17;/h2-10,20H,19H2,1H3;1H. The van der Waals surface area contributed by atoms with E-state index in [4.69, 9.17) is 16.3 Å². The third-order valence-electron chi connectivity index (χ3n) is 3.42. The number of halogens is 2. The van der Waals surface area contributed by atoms with E-state index in [0.717, 1.165) is 33.6 Å². The van der Waals surface area contributed by atoms with Gasteiger partial charge in [0.25, 0.3) is 0 Å². The number of hydrogen-bond donors (Lipinski definition) is 2. The van der Waals surface area contributed by atoms with Gasteiger partial charge in [-0.05, 0) is 30.3 Å². The van der Waals surface area contributed by atoms with Crippen LogP contribution < -0.4 is 28.2 Å². The molecule has 5 heteroatoms. The number of anilines is 2. The lowest BCUT2D eigenvalue weighted by atomic mass is 10.1. The zero-order chi connectivity index (χ0) is 14.8. The second kappa shape index (κ2) is 6.88. The monoisotopic (exact) mass is 334 g/mol. The molecule has 114 valence electrons. The van der Waals surface area contributed by atoms with Crippen LogP contribution in [0, 0.1) is 0 Å². The Morgan fingerprint density at radius 2 is 1.82 bits per heavy atom. The molecule has 0 aromatic heterocycles. The number of benzene rings is 3. The molecule has 0 aliphatic carbocycles. The van der Waals surface area contributed by atoms with Crippen LogP contribution in [0.25, 0.3) is 10.8 Å². The maximum Gasteiger partial charge on any atom is 0.136 e. The summed E-state index contributed by atoms with van der Waals surface area (Å²) in [6, 6.07) is 17.7. The second-order valence-electron chi connectivity index (χ2n) is 4.82. The summed E-state index contributed by atoms with van der Waals surface area (Å²) in [7, 11) is 1.66. The minimum absolute atomic E-state index is 0. The second-order valence-corrected chi connectivity index (χ2v) is 5.26. The Labute approximate surface area is 140 Å². The summed E-state index contributed by atoms with van der Waals surface area (Å²) in [6.45, 7) is 0. The highest BCUT2D eigenvalue weighted by atomic mass is 35.5. The normalized spacial score (nSPS) is 10.1. The van der Waals surface area contributed by atoms with Crippen molar-refractivity contribution in [3.05, 3.63) is 59.6 Å². The van der Waals surface area contributed by atoms with E-state index in [2.05, 4.69) is 11.1 Å². The average molecular weight is 335 g/mol. The van der Waals surface area contributed by atoms with E-state index in [1.54, 1.807) is 7.11 Å². The van der Waals surface area contributed by atoms with Crippen LogP contribution in [0.15, 0.2) is 54.6 Å². The van der Waals surface area contributed by atoms with Gasteiger partial charge in [-0.2, -0.15) is 0 Å². The lowest BCUT2D eigenvalue weighted by Gasteiger charge is -2.11. The molecule has 0 atom stereocenters. The lowest BCUT2D eigenvalue weighted by Crippen LogP contribution is -3.00. The summed E-state index contributed by atoms with van der Waals surface area (Å²) < 4.78 is 5.25. The molecule has 3 rings (SSSR count). The van der Waals surface area contributed by atoms with Crippen LogP contribution in [0.1, 0.15) is 0 Å². The summed E-state index contributed by atoms with van der Waals surface area (Å²) in [4.78, 5) is 0. The van der Waals surface area contributed by atoms with E-state index in [9.17, 15) is 0 Å². The molecule has 0 amide bonds.